The third-order valence-corrected chi connectivity index (χ3v) is 3.71. The summed E-state index contributed by atoms with van der Waals surface area (Å²) in [6, 6.07) is 7.99. The van der Waals surface area contributed by atoms with Crippen LogP contribution in [0.2, 0.25) is 0 Å². The highest BCUT2D eigenvalue weighted by Crippen LogP contribution is 2.24. The van der Waals surface area contributed by atoms with E-state index in [1.165, 1.54) is 6.33 Å². The normalized spacial score (nSPS) is 17.9. The quantitative estimate of drug-likeness (QED) is 0.878. The van der Waals surface area contributed by atoms with E-state index in [0.717, 1.165) is 24.4 Å². The third-order valence-electron chi connectivity index (χ3n) is 3.71. The Bertz CT molecular complexity index is 644. The van der Waals surface area contributed by atoms with Gasteiger partial charge in [0.25, 0.3) is 0 Å². The van der Waals surface area contributed by atoms with Gasteiger partial charge in [0.1, 0.15) is 24.5 Å². The van der Waals surface area contributed by atoms with Crippen molar-refractivity contribution in [3.05, 3.63) is 42.5 Å². The maximum absolute atomic E-state index is 12.1. The first-order valence-electron chi connectivity index (χ1n) is 7.77. The van der Waals surface area contributed by atoms with Crippen LogP contribution in [-0.4, -0.2) is 51.3 Å². The van der Waals surface area contributed by atoms with Crippen LogP contribution in [0.4, 0.5) is 0 Å². The number of hydrogen-bond donors (Lipinski definition) is 1. The van der Waals surface area contributed by atoms with E-state index >= 15 is 0 Å². The van der Waals surface area contributed by atoms with E-state index in [1.807, 2.05) is 31.2 Å². The van der Waals surface area contributed by atoms with Crippen LogP contribution in [0.5, 0.6) is 5.75 Å². The van der Waals surface area contributed by atoms with Gasteiger partial charge < -0.3 is 10.1 Å². The molecule has 1 N–H and O–H groups in total. The van der Waals surface area contributed by atoms with Crippen LogP contribution in [0.3, 0.4) is 0 Å². The predicted octanol–water partition coefficient (Wildman–Crippen LogP) is 0.677. The molecule has 122 valence electrons. The van der Waals surface area contributed by atoms with E-state index in [-0.39, 0.29) is 12.0 Å². The summed E-state index contributed by atoms with van der Waals surface area (Å²) in [7, 11) is 0. The van der Waals surface area contributed by atoms with Crippen LogP contribution in [0.25, 0.3) is 0 Å². The standard InChI is InChI=1S/C16H21N5O2/c1-13-8-20(9-14-4-2-3-5-15(14)23-13)10-16(22)18-6-7-21-12-17-11-19-21/h2-5,11-13H,6-10H2,1H3,(H,18,22). The molecule has 23 heavy (non-hydrogen) atoms. The fourth-order valence-electron chi connectivity index (χ4n) is 2.71. The van der Waals surface area contributed by atoms with Crippen LogP contribution in [-0.2, 0) is 17.9 Å². The summed E-state index contributed by atoms with van der Waals surface area (Å²) < 4.78 is 7.60. The second kappa shape index (κ2) is 7.23. The smallest absolute Gasteiger partial charge is 0.234 e. The van der Waals surface area contributed by atoms with E-state index in [2.05, 4.69) is 20.3 Å². The highest BCUT2D eigenvalue weighted by Gasteiger charge is 2.21. The van der Waals surface area contributed by atoms with Crippen molar-refractivity contribution in [1.29, 1.82) is 0 Å². The van der Waals surface area contributed by atoms with Crippen LogP contribution in [0, 0.1) is 0 Å². The summed E-state index contributed by atoms with van der Waals surface area (Å²) in [5.74, 6) is 0.922. The van der Waals surface area contributed by atoms with Gasteiger partial charge in [0.2, 0.25) is 5.91 Å². The topological polar surface area (TPSA) is 72.3 Å². The average Bonchev–Trinajstić information content (AvgIpc) is 2.96. The predicted molar refractivity (Wildman–Crippen MR) is 84.8 cm³/mol. The second-order valence-electron chi connectivity index (χ2n) is 5.71. The molecule has 1 aromatic heterocycles. The number of ether oxygens (including phenoxy) is 1. The zero-order chi connectivity index (χ0) is 16.1. The zero-order valence-corrected chi connectivity index (χ0v) is 13.2. The molecule has 0 radical (unpaired) electrons. The molecular weight excluding hydrogens is 294 g/mol. The van der Waals surface area contributed by atoms with Gasteiger partial charge in [-0.25, -0.2) is 4.98 Å². The van der Waals surface area contributed by atoms with Crippen molar-refractivity contribution >= 4 is 5.91 Å². The third kappa shape index (κ3) is 4.29. The molecule has 2 aromatic rings. The van der Waals surface area contributed by atoms with E-state index in [9.17, 15) is 4.79 Å². The number of nitrogens with zero attached hydrogens (tertiary/aromatic N) is 4. The number of benzene rings is 1. The molecule has 0 fully saturated rings. The number of fused-ring (bicyclic) bond motifs is 1. The Labute approximate surface area is 135 Å². The van der Waals surface area contributed by atoms with E-state index in [1.54, 1.807) is 11.0 Å². The first kappa shape index (κ1) is 15.5. The van der Waals surface area contributed by atoms with Gasteiger partial charge in [-0.3, -0.25) is 14.4 Å². The summed E-state index contributed by atoms with van der Waals surface area (Å²) in [6.45, 7) is 4.99. The van der Waals surface area contributed by atoms with Crippen molar-refractivity contribution in [3.63, 3.8) is 0 Å². The van der Waals surface area contributed by atoms with E-state index in [4.69, 9.17) is 4.74 Å². The minimum Gasteiger partial charge on any atom is -0.489 e. The number of para-hydroxylation sites is 1. The van der Waals surface area contributed by atoms with Gasteiger partial charge in [-0.2, -0.15) is 5.10 Å². The molecule has 7 nitrogen and oxygen atoms in total. The molecular formula is C16H21N5O2. The Morgan fingerprint density at radius 3 is 3.13 bits per heavy atom. The number of carbonyl (C=O) groups excluding carboxylic acids is 1. The van der Waals surface area contributed by atoms with Crippen molar-refractivity contribution in [2.45, 2.75) is 26.1 Å². The molecule has 1 aliphatic rings. The lowest BCUT2D eigenvalue weighted by atomic mass is 10.2. The lowest BCUT2D eigenvalue weighted by molar-refractivity contribution is -0.122. The number of rotatable bonds is 5. The van der Waals surface area contributed by atoms with Gasteiger partial charge in [-0.05, 0) is 13.0 Å². The first-order chi connectivity index (χ1) is 11.2. The Morgan fingerprint density at radius 2 is 2.30 bits per heavy atom. The summed E-state index contributed by atoms with van der Waals surface area (Å²) in [5, 5.41) is 6.92. The van der Waals surface area contributed by atoms with Gasteiger partial charge in [0.15, 0.2) is 0 Å². The summed E-state index contributed by atoms with van der Waals surface area (Å²) in [4.78, 5) is 18.1. The maximum atomic E-state index is 12.1. The van der Waals surface area contributed by atoms with Crippen LogP contribution >= 0.6 is 0 Å². The molecule has 1 atom stereocenters. The highest BCUT2D eigenvalue weighted by molar-refractivity contribution is 5.78. The largest absolute Gasteiger partial charge is 0.489 e. The molecule has 2 heterocycles. The van der Waals surface area contributed by atoms with Crippen molar-refractivity contribution in [3.8, 4) is 5.75 Å². The summed E-state index contributed by atoms with van der Waals surface area (Å²) in [6.07, 6.45) is 3.18. The molecule has 7 heteroatoms. The van der Waals surface area contributed by atoms with Crippen molar-refractivity contribution in [2.24, 2.45) is 0 Å². The second-order valence-corrected chi connectivity index (χ2v) is 5.71. The molecule has 0 spiro atoms. The Kier molecular flexibility index (Phi) is 4.87. The molecule has 0 aliphatic carbocycles. The van der Waals surface area contributed by atoms with Gasteiger partial charge in [0.05, 0.1) is 13.1 Å². The van der Waals surface area contributed by atoms with E-state index in [0.29, 0.717) is 19.6 Å². The Morgan fingerprint density at radius 1 is 1.43 bits per heavy atom. The lowest BCUT2D eigenvalue weighted by Crippen LogP contribution is -2.40. The number of aromatic nitrogens is 3. The van der Waals surface area contributed by atoms with E-state index < -0.39 is 0 Å². The fourth-order valence-corrected chi connectivity index (χ4v) is 2.71. The maximum Gasteiger partial charge on any atom is 0.234 e. The van der Waals surface area contributed by atoms with Crippen LogP contribution in [0.15, 0.2) is 36.9 Å². The molecule has 3 rings (SSSR count). The molecule has 1 unspecified atom stereocenters. The van der Waals surface area contributed by atoms with Crippen molar-refractivity contribution < 1.29 is 9.53 Å². The number of nitrogens with one attached hydrogen (secondary N) is 1. The zero-order valence-electron chi connectivity index (χ0n) is 13.2. The molecule has 1 aromatic carbocycles. The highest BCUT2D eigenvalue weighted by atomic mass is 16.5. The van der Waals surface area contributed by atoms with Gasteiger partial charge in [-0.1, -0.05) is 18.2 Å². The summed E-state index contributed by atoms with van der Waals surface area (Å²) >= 11 is 0. The number of hydrogen-bond acceptors (Lipinski definition) is 5. The molecule has 1 aliphatic heterocycles. The van der Waals surface area contributed by atoms with Crippen molar-refractivity contribution in [2.75, 3.05) is 19.6 Å². The summed E-state index contributed by atoms with van der Waals surface area (Å²) in [5.41, 5.74) is 1.12. The molecule has 0 saturated heterocycles. The van der Waals surface area contributed by atoms with Crippen molar-refractivity contribution in [1.82, 2.24) is 25.0 Å². The lowest BCUT2D eigenvalue weighted by Gasteiger charge is -2.21. The van der Waals surface area contributed by atoms with Gasteiger partial charge in [0, 0.05) is 25.2 Å². The minimum atomic E-state index is 0.0108. The number of carbonyl (C=O) groups is 1. The average molecular weight is 315 g/mol. The van der Waals surface area contributed by atoms with Gasteiger partial charge >= 0.3 is 0 Å². The number of amides is 1. The monoisotopic (exact) mass is 315 g/mol. The minimum absolute atomic E-state index is 0.0108. The van der Waals surface area contributed by atoms with Gasteiger partial charge in [-0.15, -0.1) is 0 Å². The first-order valence-corrected chi connectivity index (χ1v) is 7.77. The SMILES string of the molecule is CC1CN(CC(=O)NCCn2cncn2)Cc2ccccc2O1. The molecule has 0 bridgehead atoms. The van der Waals surface area contributed by atoms with Crippen LogP contribution < -0.4 is 10.1 Å². The molecule has 1 amide bonds. The Hall–Kier alpha value is -2.41. The molecule has 0 saturated carbocycles. The Balaban J connectivity index is 1.51. The van der Waals surface area contributed by atoms with Crippen LogP contribution in [0.1, 0.15) is 12.5 Å². The fraction of sp³-hybridized carbons (Fsp3) is 0.438.